The van der Waals surface area contributed by atoms with E-state index in [-0.39, 0.29) is 29.0 Å². The van der Waals surface area contributed by atoms with Crippen LogP contribution in [0.1, 0.15) is 6.92 Å². The second-order valence-corrected chi connectivity index (χ2v) is 5.22. The van der Waals surface area contributed by atoms with Gasteiger partial charge < -0.3 is 15.3 Å². The van der Waals surface area contributed by atoms with Crippen molar-refractivity contribution in [3.8, 4) is 0 Å². The molecule has 0 radical (unpaired) electrons. The molecule has 1 aromatic carbocycles. The second-order valence-electron chi connectivity index (χ2n) is 4.12. The number of urea groups is 1. The van der Waals surface area contributed by atoms with Crippen LogP contribution in [0, 0.1) is 0 Å². The molecule has 0 saturated carbocycles. The minimum atomic E-state index is -4.43. The van der Waals surface area contributed by atoms with Gasteiger partial charge in [-0.05, 0) is 30.8 Å². The summed E-state index contributed by atoms with van der Waals surface area (Å²) in [6.07, 6.45) is 0. The zero-order valence-electron chi connectivity index (χ0n) is 10.9. The third kappa shape index (κ3) is 4.93. The molecule has 2 amide bonds. The molecular formula is C12H15F3N2O2S. The Labute approximate surface area is 119 Å². The number of alkyl halides is 3. The number of halogens is 3. The van der Waals surface area contributed by atoms with E-state index in [2.05, 4.69) is 5.32 Å². The van der Waals surface area contributed by atoms with Crippen LogP contribution in [-0.4, -0.2) is 41.2 Å². The Kier molecular flexibility index (Phi) is 5.70. The number of carbonyl (C=O) groups excluding carboxylic acids is 1. The second kappa shape index (κ2) is 6.85. The van der Waals surface area contributed by atoms with Crippen LogP contribution in [0.3, 0.4) is 0 Å². The number of anilines is 1. The van der Waals surface area contributed by atoms with Crippen molar-refractivity contribution in [1.82, 2.24) is 4.90 Å². The van der Waals surface area contributed by atoms with Gasteiger partial charge in [-0.3, -0.25) is 0 Å². The average Bonchev–Trinajstić information content (AvgIpc) is 2.37. The summed E-state index contributed by atoms with van der Waals surface area (Å²) in [6.45, 7) is 1.39. The summed E-state index contributed by atoms with van der Waals surface area (Å²) in [4.78, 5) is 13.0. The van der Waals surface area contributed by atoms with Crippen LogP contribution in [0.15, 0.2) is 29.2 Å². The Bertz CT molecular complexity index is 468. The Morgan fingerprint density at radius 3 is 2.60 bits per heavy atom. The van der Waals surface area contributed by atoms with Crippen molar-refractivity contribution in [3.05, 3.63) is 24.3 Å². The smallest absolute Gasteiger partial charge is 0.394 e. The van der Waals surface area contributed by atoms with E-state index in [1.54, 1.807) is 6.92 Å². The number of benzene rings is 1. The van der Waals surface area contributed by atoms with E-state index >= 15 is 0 Å². The molecule has 0 spiro atoms. The van der Waals surface area contributed by atoms with E-state index in [4.69, 9.17) is 5.11 Å². The highest BCUT2D eigenvalue weighted by Gasteiger charge is 2.30. The molecule has 0 saturated heterocycles. The minimum absolute atomic E-state index is 0.0804. The predicted octanol–water partition coefficient (Wildman–Crippen LogP) is 3.14. The molecule has 0 aliphatic heterocycles. The molecule has 8 heteroatoms. The van der Waals surface area contributed by atoms with E-state index in [0.29, 0.717) is 0 Å². The zero-order valence-corrected chi connectivity index (χ0v) is 11.8. The van der Waals surface area contributed by atoms with E-state index in [1.165, 1.54) is 36.2 Å². The number of para-hydroxylation sites is 1. The molecule has 1 unspecified atom stereocenters. The fourth-order valence-corrected chi connectivity index (χ4v) is 1.93. The molecule has 1 atom stereocenters. The normalized spacial score (nSPS) is 12.9. The molecule has 112 valence electrons. The van der Waals surface area contributed by atoms with Gasteiger partial charge in [-0.25, -0.2) is 4.79 Å². The predicted molar refractivity (Wildman–Crippen MR) is 71.7 cm³/mol. The first-order chi connectivity index (χ1) is 9.24. The van der Waals surface area contributed by atoms with Gasteiger partial charge in [-0.1, -0.05) is 12.1 Å². The molecule has 1 rings (SSSR count). The van der Waals surface area contributed by atoms with E-state index in [9.17, 15) is 18.0 Å². The summed E-state index contributed by atoms with van der Waals surface area (Å²) in [7, 11) is 1.45. The fourth-order valence-electron chi connectivity index (χ4n) is 1.31. The van der Waals surface area contributed by atoms with Crippen molar-refractivity contribution < 1.29 is 23.1 Å². The van der Waals surface area contributed by atoms with Crippen molar-refractivity contribution in [2.45, 2.75) is 23.4 Å². The van der Waals surface area contributed by atoms with Gasteiger partial charge >= 0.3 is 11.5 Å². The van der Waals surface area contributed by atoms with Crippen molar-refractivity contribution in [1.29, 1.82) is 0 Å². The van der Waals surface area contributed by atoms with Crippen LogP contribution in [0.4, 0.5) is 23.7 Å². The minimum Gasteiger partial charge on any atom is -0.394 e. The lowest BCUT2D eigenvalue weighted by atomic mass is 10.3. The summed E-state index contributed by atoms with van der Waals surface area (Å²) >= 11 is -0.287. The highest BCUT2D eigenvalue weighted by molar-refractivity contribution is 8.00. The van der Waals surface area contributed by atoms with E-state index < -0.39 is 17.6 Å². The number of nitrogens with zero attached hydrogens (tertiary/aromatic N) is 1. The van der Waals surface area contributed by atoms with Crippen molar-refractivity contribution >= 4 is 23.5 Å². The van der Waals surface area contributed by atoms with Crippen LogP contribution in [-0.2, 0) is 0 Å². The molecule has 4 nitrogen and oxygen atoms in total. The Morgan fingerprint density at radius 2 is 2.05 bits per heavy atom. The summed E-state index contributed by atoms with van der Waals surface area (Å²) in [5.74, 6) is 0. The topological polar surface area (TPSA) is 52.6 Å². The number of hydrogen-bond acceptors (Lipinski definition) is 3. The number of aliphatic hydroxyl groups excluding tert-OH is 1. The molecule has 2 N–H and O–H groups in total. The molecule has 0 heterocycles. The maximum Gasteiger partial charge on any atom is 0.446 e. The number of likely N-dealkylation sites (N-methyl/N-ethyl adjacent to an activating group) is 1. The maximum atomic E-state index is 12.4. The highest BCUT2D eigenvalue weighted by atomic mass is 32.2. The Morgan fingerprint density at radius 1 is 1.45 bits per heavy atom. The Hall–Kier alpha value is -1.41. The van der Waals surface area contributed by atoms with Crippen LogP contribution in [0.2, 0.25) is 0 Å². The highest BCUT2D eigenvalue weighted by Crippen LogP contribution is 2.40. The van der Waals surface area contributed by atoms with E-state index in [0.717, 1.165) is 0 Å². The van der Waals surface area contributed by atoms with Gasteiger partial charge in [-0.15, -0.1) is 0 Å². The first kappa shape index (κ1) is 16.6. The van der Waals surface area contributed by atoms with Gasteiger partial charge in [0.05, 0.1) is 18.3 Å². The van der Waals surface area contributed by atoms with Gasteiger partial charge in [-0.2, -0.15) is 13.2 Å². The monoisotopic (exact) mass is 308 g/mol. The van der Waals surface area contributed by atoms with Crippen LogP contribution < -0.4 is 5.32 Å². The summed E-state index contributed by atoms with van der Waals surface area (Å²) in [6, 6.07) is 4.65. The molecule has 0 aliphatic rings. The van der Waals surface area contributed by atoms with Gasteiger partial charge in [0.1, 0.15) is 0 Å². The largest absolute Gasteiger partial charge is 0.446 e. The third-order valence-corrected chi connectivity index (χ3v) is 3.41. The van der Waals surface area contributed by atoms with Crippen molar-refractivity contribution in [3.63, 3.8) is 0 Å². The molecule has 0 aromatic heterocycles. The van der Waals surface area contributed by atoms with Crippen LogP contribution >= 0.6 is 11.8 Å². The third-order valence-electron chi connectivity index (χ3n) is 2.60. The number of carbonyl (C=O) groups is 1. The first-order valence-electron chi connectivity index (χ1n) is 5.74. The number of nitrogens with one attached hydrogen (secondary N) is 1. The lowest BCUT2D eigenvalue weighted by Crippen LogP contribution is -2.40. The van der Waals surface area contributed by atoms with Crippen LogP contribution in [0.25, 0.3) is 0 Å². The maximum absolute atomic E-state index is 12.4. The van der Waals surface area contributed by atoms with Gasteiger partial charge in [0.15, 0.2) is 0 Å². The summed E-state index contributed by atoms with van der Waals surface area (Å²) in [5, 5.41) is 11.4. The van der Waals surface area contributed by atoms with Crippen molar-refractivity contribution in [2.75, 3.05) is 19.0 Å². The molecule has 0 bridgehead atoms. The van der Waals surface area contributed by atoms with E-state index in [1.807, 2.05) is 0 Å². The molecule has 1 aromatic rings. The quantitative estimate of drug-likeness (QED) is 0.840. The lowest BCUT2D eigenvalue weighted by molar-refractivity contribution is -0.0328. The average molecular weight is 308 g/mol. The molecule has 0 aliphatic carbocycles. The van der Waals surface area contributed by atoms with Gasteiger partial charge in [0.2, 0.25) is 0 Å². The number of aliphatic hydroxyl groups is 1. The molecular weight excluding hydrogens is 293 g/mol. The standard InChI is InChI=1S/C12H15F3N2O2S/c1-8(7-18)17(2)11(19)16-9-5-3-4-6-10(9)20-12(13,14)15/h3-6,8,18H,7H2,1-2H3,(H,16,19). The number of amides is 2. The van der Waals surface area contributed by atoms with Gasteiger partial charge in [0, 0.05) is 11.9 Å². The first-order valence-corrected chi connectivity index (χ1v) is 6.55. The fraction of sp³-hybridized carbons (Fsp3) is 0.417. The SMILES string of the molecule is CC(CO)N(C)C(=O)Nc1ccccc1SC(F)(F)F. The number of rotatable bonds is 4. The lowest BCUT2D eigenvalue weighted by Gasteiger charge is -2.24. The molecule has 0 fully saturated rings. The number of hydrogen-bond donors (Lipinski definition) is 2. The van der Waals surface area contributed by atoms with Gasteiger partial charge in [0.25, 0.3) is 0 Å². The molecule has 20 heavy (non-hydrogen) atoms. The Balaban J connectivity index is 2.85. The zero-order chi connectivity index (χ0) is 15.3. The van der Waals surface area contributed by atoms with Crippen LogP contribution in [0.5, 0.6) is 0 Å². The van der Waals surface area contributed by atoms with Crippen molar-refractivity contribution in [2.24, 2.45) is 0 Å². The summed E-state index contributed by atoms with van der Waals surface area (Å²) < 4.78 is 37.2. The number of thioether (sulfide) groups is 1. The summed E-state index contributed by atoms with van der Waals surface area (Å²) in [5.41, 5.74) is -4.35.